The van der Waals surface area contributed by atoms with Gasteiger partial charge in [0, 0.05) is 11.3 Å². The zero-order chi connectivity index (χ0) is 12.8. The van der Waals surface area contributed by atoms with Gasteiger partial charge in [0.2, 0.25) is 0 Å². The number of anilines is 1. The molecule has 0 aliphatic rings. The molecule has 0 bridgehead atoms. The molecular weight excluding hydrogens is 210 g/mol. The molecule has 0 atom stereocenters. The van der Waals surface area contributed by atoms with Crippen molar-refractivity contribution in [1.82, 2.24) is 0 Å². The SMILES string of the molecule is C/C=C(\C)C(=O)Nc1ccc(CCC)c(C)c1. The molecule has 1 amide bonds. The summed E-state index contributed by atoms with van der Waals surface area (Å²) in [6, 6.07) is 6.10. The number of nitrogens with one attached hydrogen (secondary N) is 1. The fourth-order valence-electron chi connectivity index (χ4n) is 1.68. The van der Waals surface area contributed by atoms with Gasteiger partial charge in [0.05, 0.1) is 0 Å². The minimum Gasteiger partial charge on any atom is -0.322 e. The number of hydrogen-bond donors (Lipinski definition) is 1. The maximum Gasteiger partial charge on any atom is 0.250 e. The summed E-state index contributed by atoms with van der Waals surface area (Å²) in [5, 5.41) is 2.90. The molecule has 0 fully saturated rings. The third-order valence-electron chi connectivity index (χ3n) is 2.91. The fraction of sp³-hybridized carbons (Fsp3) is 0.400. The summed E-state index contributed by atoms with van der Waals surface area (Å²) >= 11 is 0. The Morgan fingerprint density at radius 1 is 1.41 bits per heavy atom. The quantitative estimate of drug-likeness (QED) is 0.783. The van der Waals surface area contributed by atoms with Crippen molar-refractivity contribution in [2.24, 2.45) is 0 Å². The molecule has 0 aliphatic carbocycles. The number of carbonyl (C=O) groups is 1. The molecule has 2 nitrogen and oxygen atoms in total. The van der Waals surface area contributed by atoms with Crippen molar-refractivity contribution in [3.05, 3.63) is 41.0 Å². The van der Waals surface area contributed by atoms with Crippen LogP contribution in [-0.2, 0) is 11.2 Å². The van der Waals surface area contributed by atoms with Crippen molar-refractivity contribution in [1.29, 1.82) is 0 Å². The van der Waals surface area contributed by atoms with E-state index in [-0.39, 0.29) is 5.91 Å². The number of carbonyl (C=O) groups excluding carboxylic acids is 1. The van der Waals surface area contributed by atoms with Gasteiger partial charge in [-0.2, -0.15) is 0 Å². The van der Waals surface area contributed by atoms with Crippen molar-refractivity contribution < 1.29 is 4.79 Å². The van der Waals surface area contributed by atoms with Crippen LogP contribution in [-0.4, -0.2) is 5.91 Å². The second-order valence-corrected chi connectivity index (χ2v) is 4.32. The highest BCUT2D eigenvalue weighted by Gasteiger charge is 2.05. The van der Waals surface area contributed by atoms with E-state index in [0.29, 0.717) is 0 Å². The predicted octanol–water partition coefficient (Wildman–Crippen LogP) is 3.85. The topological polar surface area (TPSA) is 29.1 Å². The molecule has 2 heteroatoms. The second-order valence-electron chi connectivity index (χ2n) is 4.32. The lowest BCUT2D eigenvalue weighted by Gasteiger charge is -2.09. The van der Waals surface area contributed by atoms with Crippen LogP contribution >= 0.6 is 0 Å². The number of benzene rings is 1. The van der Waals surface area contributed by atoms with Crippen molar-refractivity contribution in [2.75, 3.05) is 5.32 Å². The number of rotatable bonds is 4. The normalized spacial score (nSPS) is 11.4. The van der Waals surface area contributed by atoms with E-state index in [4.69, 9.17) is 0 Å². The molecule has 0 aromatic heterocycles. The Morgan fingerprint density at radius 3 is 2.65 bits per heavy atom. The fourth-order valence-corrected chi connectivity index (χ4v) is 1.68. The molecular formula is C15H21NO. The first-order valence-electron chi connectivity index (χ1n) is 6.12. The van der Waals surface area contributed by atoms with Gasteiger partial charge < -0.3 is 5.32 Å². The van der Waals surface area contributed by atoms with Gasteiger partial charge in [-0.15, -0.1) is 0 Å². The maximum absolute atomic E-state index is 11.7. The Hall–Kier alpha value is -1.57. The minimum atomic E-state index is -0.0323. The monoisotopic (exact) mass is 231 g/mol. The minimum absolute atomic E-state index is 0.0323. The number of aryl methyl sites for hydroxylation is 2. The third kappa shape index (κ3) is 3.74. The van der Waals surface area contributed by atoms with E-state index in [2.05, 4.69) is 25.2 Å². The average Bonchev–Trinajstić information content (AvgIpc) is 2.31. The van der Waals surface area contributed by atoms with Crippen LogP contribution in [0, 0.1) is 6.92 Å². The first-order chi connectivity index (χ1) is 8.08. The van der Waals surface area contributed by atoms with Crippen LogP contribution in [0.25, 0.3) is 0 Å². The zero-order valence-corrected chi connectivity index (χ0v) is 11.1. The van der Waals surface area contributed by atoms with Gasteiger partial charge in [-0.3, -0.25) is 4.79 Å². The van der Waals surface area contributed by atoms with Gasteiger partial charge >= 0.3 is 0 Å². The van der Waals surface area contributed by atoms with Gasteiger partial charge in [-0.25, -0.2) is 0 Å². The van der Waals surface area contributed by atoms with E-state index in [9.17, 15) is 4.79 Å². The van der Waals surface area contributed by atoms with E-state index in [0.717, 1.165) is 24.1 Å². The van der Waals surface area contributed by atoms with Gasteiger partial charge in [-0.05, 0) is 50.5 Å². The van der Waals surface area contributed by atoms with E-state index < -0.39 is 0 Å². The second kappa shape index (κ2) is 6.24. The van der Waals surface area contributed by atoms with Crippen LogP contribution in [0.2, 0.25) is 0 Å². The first kappa shape index (κ1) is 13.5. The first-order valence-corrected chi connectivity index (χ1v) is 6.12. The number of allylic oxidation sites excluding steroid dienone is 1. The molecule has 17 heavy (non-hydrogen) atoms. The smallest absolute Gasteiger partial charge is 0.250 e. The summed E-state index contributed by atoms with van der Waals surface area (Å²) in [5.74, 6) is -0.0323. The maximum atomic E-state index is 11.7. The summed E-state index contributed by atoms with van der Waals surface area (Å²) in [6.07, 6.45) is 4.05. The third-order valence-corrected chi connectivity index (χ3v) is 2.91. The lowest BCUT2D eigenvalue weighted by atomic mass is 10.0. The standard InChI is InChI=1S/C15H21NO/c1-5-7-13-8-9-14(10-12(13)4)16-15(17)11(3)6-2/h6,8-10H,5,7H2,1-4H3,(H,16,17)/b11-6+. The highest BCUT2D eigenvalue weighted by molar-refractivity contribution is 6.03. The Kier molecular flexibility index (Phi) is 4.95. The van der Waals surface area contributed by atoms with Gasteiger partial charge in [-0.1, -0.05) is 25.5 Å². The molecule has 0 radical (unpaired) electrons. The molecule has 0 unspecified atom stereocenters. The molecule has 1 aromatic rings. The zero-order valence-electron chi connectivity index (χ0n) is 11.1. The molecule has 0 heterocycles. The molecule has 0 spiro atoms. The van der Waals surface area contributed by atoms with Crippen molar-refractivity contribution in [2.45, 2.75) is 40.5 Å². The highest BCUT2D eigenvalue weighted by Crippen LogP contribution is 2.17. The average molecular weight is 231 g/mol. The summed E-state index contributed by atoms with van der Waals surface area (Å²) in [7, 11) is 0. The lowest BCUT2D eigenvalue weighted by Crippen LogP contribution is -2.12. The van der Waals surface area contributed by atoms with E-state index in [1.807, 2.05) is 32.1 Å². The van der Waals surface area contributed by atoms with Crippen LogP contribution in [0.15, 0.2) is 29.8 Å². The summed E-state index contributed by atoms with van der Waals surface area (Å²) < 4.78 is 0. The Morgan fingerprint density at radius 2 is 2.12 bits per heavy atom. The van der Waals surface area contributed by atoms with Crippen molar-refractivity contribution >= 4 is 11.6 Å². The van der Waals surface area contributed by atoms with Crippen molar-refractivity contribution in [3.8, 4) is 0 Å². The molecule has 1 rings (SSSR count). The van der Waals surface area contributed by atoms with Crippen LogP contribution in [0.5, 0.6) is 0 Å². The molecule has 0 saturated carbocycles. The molecule has 92 valence electrons. The van der Waals surface area contributed by atoms with Crippen LogP contribution in [0.3, 0.4) is 0 Å². The Labute approximate surface area is 104 Å². The van der Waals surface area contributed by atoms with Gasteiger partial charge in [0.1, 0.15) is 0 Å². The van der Waals surface area contributed by atoms with E-state index in [1.165, 1.54) is 11.1 Å². The molecule has 0 saturated heterocycles. The summed E-state index contributed by atoms with van der Waals surface area (Å²) in [4.78, 5) is 11.7. The lowest BCUT2D eigenvalue weighted by molar-refractivity contribution is -0.112. The highest BCUT2D eigenvalue weighted by atomic mass is 16.1. The predicted molar refractivity (Wildman–Crippen MR) is 73.2 cm³/mol. The molecule has 1 aromatic carbocycles. The summed E-state index contributed by atoms with van der Waals surface area (Å²) in [5.41, 5.74) is 4.20. The molecule has 1 N–H and O–H groups in total. The molecule has 0 aliphatic heterocycles. The Bertz CT molecular complexity index is 433. The van der Waals surface area contributed by atoms with E-state index in [1.54, 1.807) is 0 Å². The van der Waals surface area contributed by atoms with Crippen LogP contribution < -0.4 is 5.32 Å². The Balaban J connectivity index is 2.81. The largest absolute Gasteiger partial charge is 0.322 e. The van der Waals surface area contributed by atoms with Crippen molar-refractivity contribution in [3.63, 3.8) is 0 Å². The number of hydrogen-bond acceptors (Lipinski definition) is 1. The van der Waals surface area contributed by atoms with Crippen LogP contribution in [0.1, 0.15) is 38.3 Å². The number of amides is 1. The summed E-state index contributed by atoms with van der Waals surface area (Å²) in [6.45, 7) is 7.94. The van der Waals surface area contributed by atoms with Crippen LogP contribution in [0.4, 0.5) is 5.69 Å². The van der Waals surface area contributed by atoms with E-state index >= 15 is 0 Å². The van der Waals surface area contributed by atoms with Gasteiger partial charge in [0.25, 0.3) is 5.91 Å². The van der Waals surface area contributed by atoms with Gasteiger partial charge in [0.15, 0.2) is 0 Å².